The quantitative estimate of drug-likeness (QED) is 0.632. The third kappa shape index (κ3) is 3.21. The van der Waals surface area contributed by atoms with Gasteiger partial charge in [-0.1, -0.05) is 17.7 Å². The summed E-state index contributed by atoms with van der Waals surface area (Å²) in [5.74, 6) is -0.482. The zero-order valence-corrected chi connectivity index (χ0v) is 12.3. The lowest BCUT2D eigenvalue weighted by Gasteiger charge is -2.24. The number of hydrogen-bond acceptors (Lipinski definition) is 4. The first-order chi connectivity index (χ1) is 9.91. The van der Waals surface area contributed by atoms with E-state index in [0.717, 1.165) is 12.8 Å². The van der Waals surface area contributed by atoms with Crippen molar-refractivity contribution in [3.05, 3.63) is 38.9 Å². The van der Waals surface area contributed by atoms with Gasteiger partial charge in [0.05, 0.1) is 9.95 Å². The Morgan fingerprint density at radius 2 is 2.19 bits per heavy atom. The van der Waals surface area contributed by atoms with Gasteiger partial charge >= 0.3 is 0 Å². The van der Waals surface area contributed by atoms with E-state index in [9.17, 15) is 19.7 Å². The van der Waals surface area contributed by atoms with Gasteiger partial charge in [-0.2, -0.15) is 0 Å². The summed E-state index contributed by atoms with van der Waals surface area (Å²) >= 11 is 5.98. The standard InChI is InChI=1S/C14H15ClN2O4/c1-9(18)8-10-4-3-7-16(10)14(19)13-11(15)5-2-6-12(13)17(20)21/h2,5-6,10H,3-4,7-8H2,1H3. The first-order valence-electron chi connectivity index (χ1n) is 6.65. The molecule has 1 atom stereocenters. The Morgan fingerprint density at radius 3 is 2.81 bits per heavy atom. The molecule has 21 heavy (non-hydrogen) atoms. The number of nitro groups is 1. The summed E-state index contributed by atoms with van der Waals surface area (Å²) < 4.78 is 0. The maximum Gasteiger partial charge on any atom is 0.283 e. The number of nitrogens with zero attached hydrogens (tertiary/aromatic N) is 2. The van der Waals surface area contributed by atoms with Crippen LogP contribution >= 0.6 is 11.6 Å². The molecule has 1 aromatic rings. The molecule has 1 saturated heterocycles. The average Bonchev–Trinajstić information content (AvgIpc) is 2.84. The van der Waals surface area contributed by atoms with Crippen LogP contribution in [0.4, 0.5) is 5.69 Å². The van der Waals surface area contributed by atoms with E-state index in [4.69, 9.17) is 11.6 Å². The van der Waals surface area contributed by atoms with Gasteiger partial charge in [-0.3, -0.25) is 19.7 Å². The maximum absolute atomic E-state index is 12.6. The fourth-order valence-electron chi connectivity index (χ4n) is 2.67. The van der Waals surface area contributed by atoms with Crippen molar-refractivity contribution < 1.29 is 14.5 Å². The minimum absolute atomic E-state index is 0.00615. The Hall–Kier alpha value is -1.95. The largest absolute Gasteiger partial charge is 0.335 e. The SMILES string of the molecule is CC(=O)CC1CCCN1C(=O)c1c(Cl)cccc1[N+](=O)[O-]. The molecule has 112 valence electrons. The smallest absolute Gasteiger partial charge is 0.283 e. The van der Waals surface area contributed by atoms with Crippen molar-refractivity contribution in [3.8, 4) is 0 Å². The van der Waals surface area contributed by atoms with Crippen molar-refractivity contribution in [2.24, 2.45) is 0 Å². The van der Waals surface area contributed by atoms with Crippen LogP contribution in [0.25, 0.3) is 0 Å². The minimum Gasteiger partial charge on any atom is -0.335 e. The van der Waals surface area contributed by atoms with Crippen LogP contribution in [0.1, 0.15) is 36.5 Å². The Labute approximate surface area is 126 Å². The van der Waals surface area contributed by atoms with E-state index in [1.54, 1.807) is 0 Å². The van der Waals surface area contributed by atoms with Gasteiger partial charge in [0.1, 0.15) is 11.3 Å². The Morgan fingerprint density at radius 1 is 1.48 bits per heavy atom. The van der Waals surface area contributed by atoms with E-state index in [1.807, 2.05) is 0 Å². The summed E-state index contributed by atoms with van der Waals surface area (Å²) in [5.41, 5.74) is -0.402. The minimum atomic E-state index is -0.616. The number of Topliss-reactive ketones (excluding diaryl/α,β-unsaturated/α-hetero) is 1. The molecule has 1 aliphatic rings. The number of carbonyl (C=O) groups is 2. The molecule has 0 radical (unpaired) electrons. The number of benzene rings is 1. The Balaban J connectivity index is 2.36. The fourth-order valence-corrected chi connectivity index (χ4v) is 2.92. The first kappa shape index (κ1) is 15.4. The number of likely N-dealkylation sites (tertiary alicyclic amines) is 1. The summed E-state index contributed by atoms with van der Waals surface area (Å²) in [6, 6.07) is 3.95. The molecule has 0 saturated carbocycles. The molecule has 1 unspecified atom stereocenters. The number of nitro benzene ring substituents is 1. The highest BCUT2D eigenvalue weighted by atomic mass is 35.5. The molecule has 0 N–H and O–H groups in total. The van der Waals surface area contributed by atoms with Gasteiger partial charge in [-0.25, -0.2) is 0 Å². The summed E-state index contributed by atoms with van der Waals surface area (Å²) in [6.45, 7) is 1.96. The molecular formula is C14H15ClN2O4. The number of rotatable bonds is 4. The van der Waals surface area contributed by atoms with Crippen LogP contribution in [0.15, 0.2) is 18.2 Å². The van der Waals surface area contributed by atoms with Crippen LogP contribution in [0.2, 0.25) is 5.02 Å². The van der Waals surface area contributed by atoms with Crippen LogP contribution in [0, 0.1) is 10.1 Å². The van der Waals surface area contributed by atoms with Crippen LogP contribution in [-0.4, -0.2) is 34.1 Å². The zero-order valence-electron chi connectivity index (χ0n) is 11.5. The lowest BCUT2D eigenvalue weighted by atomic mass is 10.1. The third-order valence-electron chi connectivity index (χ3n) is 3.56. The number of hydrogen-bond donors (Lipinski definition) is 0. The van der Waals surface area contributed by atoms with Crippen molar-refractivity contribution in [1.29, 1.82) is 0 Å². The molecule has 0 bridgehead atoms. The number of ketones is 1. The summed E-state index contributed by atoms with van der Waals surface area (Å²) in [6.07, 6.45) is 1.77. The molecule has 1 heterocycles. The Kier molecular flexibility index (Phi) is 4.57. The molecular weight excluding hydrogens is 296 g/mol. The lowest BCUT2D eigenvalue weighted by molar-refractivity contribution is -0.385. The molecule has 0 aliphatic carbocycles. The normalized spacial score (nSPS) is 17.8. The van der Waals surface area contributed by atoms with Crippen LogP contribution in [-0.2, 0) is 4.79 Å². The number of carbonyl (C=O) groups excluding carboxylic acids is 2. The van der Waals surface area contributed by atoms with Crippen LogP contribution < -0.4 is 0 Å². The topological polar surface area (TPSA) is 80.5 Å². The van der Waals surface area contributed by atoms with Gasteiger partial charge in [0, 0.05) is 25.1 Å². The monoisotopic (exact) mass is 310 g/mol. The second-order valence-electron chi connectivity index (χ2n) is 5.09. The second-order valence-corrected chi connectivity index (χ2v) is 5.50. The summed E-state index contributed by atoms with van der Waals surface area (Å²) in [4.78, 5) is 35.9. The second kappa shape index (κ2) is 6.22. The maximum atomic E-state index is 12.6. The number of amides is 1. The molecule has 0 spiro atoms. The lowest BCUT2D eigenvalue weighted by Crippen LogP contribution is -2.37. The van der Waals surface area contributed by atoms with Crippen LogP contribution in [0.5, 0.6) is 0 Å². The van der Waals surface area contributed by atoms with Gasteiger partial charge in [0.15, 0.2) is 0 Å². The average molecular weight is 311 g/mol. The predicted octanol–water partition coefficient (Wildman–Crippen LogP) is 2.83. The highest BCUT2D eigenvalue weighted by molar-refractivity contribution is 6.34. The molecule has 1 aromatic carbocycles. The molecule has 1 amide bonds. The van der Waals surface area contributed by atoms with E-state index in [1.165, 1.54) is 30.0 Å². The highest BCUT2D eigenvalue weighted by Crippen LogP contribution is 2.31. The molecule has 1 fully saturated rings. The molecule has 2 rings (SSSR count). The van der Waals surface area contributed by atoms with Crippen molar-refractivity contribution in [3.63, 3.8) is 0 Å². The van der Waals surface area contributed by atoms with Crippen molar-refractivity contribution in [1.82, 2.24) is 4.90 Å². The van der Waals surface area contributed by atoms with Crippen LogP contribution in [0.3, 0.4) is 0 Å². The molecule has 0 aromatic heterocycles. The van der Waals surface area contributed by atoms with Gasteiger partial charge in [-0.15, -0.1) is 0 Å². The fraction of sp³-hybridized carbons (Fsp3) is 0.429. The molecule has 6 nitrogen and oxygen atoms in total. The van der Waals surface area contributed by atoms with Gasteiger partial charge in [-0.05, 0) is 25.8 Å². The van der Waals surface area contributed by atoms with E-state index in [-0.39, 0.29) is 34.5 Å². The van der Waals surface area contributed by atoms with Gasteiger partial charge < -0.3 is 4.90 Å². The van der Waals surface area contributed by atoms with Crippen molar-refractivity contribution in [2.75, 3.05) is 6.54 Å². The molecule has 7 heteroatoms. The van der Waals surface area contributed by atoms with Gasteiger partial charge in [0.25, 0.3) is 11.6 Å². The van der Waals surface area contributed by atoms with E-state index < -0.39 is 10.8 Å². The zero-order chi connectivity index (χ0) is 15.6. The van der Waals surface area contributed by atoms with Crippen molar-refractivity contribution in [2.45, 2.75) is 32.2 Å². The number of halogens is 1. The summed E-state index contributed by atoms with van der Waals surface area (Å²) in [7, 11) is 0. The van der Waals surface area contributed by atoms with E-state index in [2.05, 4.69) is 0 Å². The van der Waals surface area contributed by atoms with Crippen molar-refractivity contribution >= 4 is 29.0 Å². The van der Waals surface area contributed by atoms with Gasteiger partial charge in [0.2, 0.25) is 0 Å². The predicted molar refractivity (Wildman–Crippen MR) is 77.5 cm³/mol. The third-order valence-corrected chi connectivity index (χ3v) is 3.88. The van der Waals surface area contributed by atoms with E-state index >= 15 is 0 Å². The highest BCUT2D eigenvalue weighted by Gasteiger charge is 2.34. The molecule has 1 aliphatic heterocycles. The summed E-state index contributed by atoms with van der Waals surface area (Å²) in [5, 5.41) is 11.1. The Bertz CT molecular complexity index is 603. The first-order valence-corrected chi connectivity index (χ1v) is 7.03. The van der Waals surface area contributed by atoms with E-state index in [0.29, 0.717) is 6.54 Å².